The molecule has 18 heavy (non-hydrogen) atoms. The smallest absolute Gasteiger partial charge is 0.251 e. The molecule has 1 heterocycles. The minimum Gasteiger partial charge on any atom is -0.378 e. The van der Waals surface area contributed by atoms with E-state index >= 15 is 0 Å². The lowest BCUT2D eigenvalue weighted by Crippen LogP contribution is -2.13. The highest BCUT2D eigenvalue weighted by atomic mass is 79.9. The first kappa shape index (κ1) is 13.0. The second kappa shape index (κ2) is 5.93. The number of aromatic nitrogens is 2. The molecule has 0 aliphatic heterocycles. The number of methoxy groups -OCH3 is 1. The van der Waals surface area contributed by atoms with Crippen LogP contribution in [-0.4, -0.2) is 17.1 Å². The first-order valence-corrected chi connectivity index (χ1v) is 6.29. The fourth-order valence-electron chi connectivity index (χ4n) is 1.71. The standard InChI is InChI=1S/C13H13BrN2O2/c1-18-8-11-7-13(17)16-12(15-11)6-9-3-2-4-10(14)5-9/h2-5,7H,6,8H2,1H3,(H,15,16,17). The highest BCUT2D eigenvalue weighted by Gasteiger charge is 2.03. The lowest BCUT2D eigenvalue weighted by Gasteiger charge is -2.04. The number of ether oxygens (including phenoxy) is 1. The van der Waals surface area contributed by atoms with Gasteiger partial charge in [0.2, 0.25) is 0 Å². The van der Waals surface area contributed by atoms with Crippen LogP contribution in [0, 0.1) is 0 Å². The Balaban J connectivity index is 2.26. The molecule has 2 rings (SSSR count). The number of nitrogens with one attached hydrogen (secondary N) is 1. The van der Waals surface area contributed by atoms with Crippen LogP contribution in [0.2, 0.25) is 0 Å². The molecule has 0 atom stereocenters. The number of benzene rings is 1. The third-order valence-corrected chi connectivity index (χ3v) is 2.89. The number of nitrogens with zero attached hydrogens (tertiary/aromatic N) is 1. The third kappa shape index (κ3) is 3.51. The van der Waals surface area contributed by atoms with E-state index in [2.05, 4.69) is 25.9 Å². The highest BCUT2D eigenvalue weighted by Crippen LogP contribution is 2.13. The van der Waals surface area contributed by atoms with Crippen LogP contribution in [-0.2, 0) is 17.8 Å². The summed E-state index contributed by atoms with van der Waals surface area (Å²) in [4.78, 5) is 18.6. The maximum atomic E-state index is 11.5. The Hall–Kier alpha value is -1.46. The molecule has 4 nitrogen and oxygen atoms in total. The van der Waals surface area contributed by atoms with Gasteiger partial charge in [0, 0.05) is 24.1 Å². The zero-order chi connectivity index (χ0) is 13.0. The maximum absolute atomic E-state index is 11.5. The summed E-state index contributed by atoms with van der Waals surface area (Å²) in [5.41, 5.74) is 1.58. The summed E-state index contributed by atoms with van der Waals surface area (Å²) < 4.78 is 5.99. The van der Waals surface area contributed by atoms with Crippen LogP contribution >= 0.6 is 15.9 Å². The molecular formula is C13H13BrN2O2. The van der Waals surface area contributed by atoms with Crippen LogP contribution in [0.5, 0.6) is 0 Å². The largest absolute Gasteiger partial charge is 0.378 e. The molecule has 5 heteroatoms. The summed E-state index contributed by atoms with van der Waals surface area (Å²) in [6.07, 6.45) is 0.590. The average Bonchev–Trinajstić information content (AvgIpc) is 2.28. The number of halogens is 1. The molecule has 0 spiro atoms. The van der Waals surface area contributed by atoms with E-state index in [0.29, 0.717) is 24.5 Å². The number of H-pyrrole nitrogens is 1. The van der Waals surface area contributed by atoms with Crippen molar-refractivity contribution >= 4 is 15.9 Å². The first-order chi connectivity index (χ1) is 8.67. The minimum absolute atomic E-state index is 0.151. The Morgan fingerprint density at radius 3 is 2.94 bits per heavy atom. The third-order valence-electron chi connectivity index (χ3n) is 2.40. The van der Waals surface area contributed by atoms with Crippen molar-refractivity contribution in [1.82, 2.24) is 9.97 Å². The fraction of sp³-hybridized carbons (Fsp3) is 0.231. The Morgan fingerprint density at radius 2 is 2.22 bits per heavy atom. The van der Waals surface area contributed by atoms with Crippen LogP contribution in [0.25, 0.3) is 0 Å². The molecule has 94 valence electrons. The number of aromatic amines is 1. The summed E-state index contributed by atoms with van der Waals surface area (Å²) >= 11 is 3.42. The first-order valence-electron chi connectivity index (χ1n) is 5.50. The minimum atomic E-state index is -0.151. The summed E-state index contributed by atoms with van der Waals surface area (Å²) in [6, 6.07) is 9.36. The van der Waals surface area contributed by atoms with E-state index in [4.69, 9.17) is 4.74 Å². The van der Waals surface area contributed by atoms with Gasteiger partial charge in [-0.05, 0) is 17.7 Å². The molecular weight excluding hydrogens is 296 g/mol. The maximum Gasteiger partial charge on any atom is 0.251 e. The zero-order valence-electron chi connectivity index (χ0n) is 9.94. The lowest BCUT2D eigenvalue weighted by atomic mass is 10.1. The van der Waals surface area contributed by atoms with Gasteiger partial charge >= 0.3 is 0 Å². The molecule has 1 N–H and O–H groups in total. The normalized spacial score (nSPS) is 10.6. The summed E-state index contributed by atoms with van der Waals surface area (Å²) in [6.45, 7) is 0.343. The van der Waals surface area contributed by atoms with Crippen molar-refractivity contribution in [3.63, 3.8) is 0 Å². The van der Waals surface area contributed by atoms with Crippen molar-refractivity contribution in [2.24, 2.45) is 0 Å². The monoisotopic (exact) mass is 308 g/mol. The van der Waals surface area contributed by atoms with E-state index in [9.17, 15) is 4.79 Å². The Morgan fingerprint density at radius 1 is 1.39 bits per heavy atom. The van der Waals surface area contributed by atoms with E-state index in [1.165, 1.54) is 6.07 Å². The fourth-order valence-corrected chi connectivity index (χ4v) is 2.16. The van der Waals surface area contributed by atoms with Crippen LogP contribution in [0.15, 0.2) is 39.6 Å². The van der Waals surface area contributed by atoms with Gasteiger partial charge in [-0.25, -0.2) is 4.98 Å². The summed E-state index contributed by atoms with van der Waals surface area (Å²) in [7, 11) is 1.58. The Kier molecular flexibility index (Phi) is 4.28. The van der Waals surface area contributed by atoms with Gasteiger partial charge in [0.1, 0.15) is 5.82 Å². The predicted molar refractivity (Wildman–Crippen MR) is 72.5 cm³/mol. The second-order valence-corrected chi connectivity index (χ2v) is 4.84. The van der Waals surface area contributed by atoms with E-state index in [1.807, 2.05) is 24.3 Å². The van der Waals surface area contributed by atoms with Crippen molar-refractivity contribution < 1.29 is 4.74 Å². The highest BCUT2D eigenvalue weighted by molar-refractivity contribution is 9.10. The molecule has 0 amide bonds. The molecule has 0 saturated carbocycles. The molecule has 2 aromatic rings. The van der Waals surface area contributed by atoms with Crippen molar-refractivity contribution in [2.45, 2.75) is 13.0 Å². The van der Waals surface area contributed by atoms with Gasteiger partial charge < -0.3 is 9.72 Å². The van der Waals surface area contributed by atoms with Gasteiger partial charge in [-0.3, -0.25) is 4.79 Å². The molecule has 0 radical (unpaired) electrons. The number of hydrogen-bond donors (Lipinski definition) is 1. The molecule has 0 saturated heterocycles. The summed E-state index contributed by atoms with van der Waals surface area (Å²) in [5, 5.41) is 0. The topological polar surface area (TPSA) is 55.0 Å². The zero-order valence-corrected chi connectivity index (χ0v) is 11.5. The van der Waals surface area contributed by atoms with Gasteiger partial charge in [0.15, 0.2) is 0 Å². The molecule has 0 bridgehead atoms. The van der Waals surface area contributed by atoms with Crippen molar-refractivity contribution in [1.29, 1.82) is 0 Å². The van der Waals surface area contributed by atoms with Crippen LogP contribution < -0.4 is 5.56 Å². The van der Waals surface area contributed by atoms with E-state index in [1.54, 1.807) is 7.11 Å². The number of hydrogen-bond acceptors (Lipinski definition) is 3. The Bertz CT molecular complexity index is 596. The SMILES string of the molecule is COCc1cc(=O)[nH]c(Cc2cccc(Br)c2)n1. The van der Waals surface area contributed by atoms with Crippen LogP contribution in [0.4, 0.5) is 0 Å². The van der Waals surface area contributed by atoms with E-state index < -0.39 is 0 Å². The molecule has 0 aliphatic rings. The van der Waals surface area contributed by atoms with Crippen molar-refractivity contribution in [3.8, 4) is 0 Å². The van der Waals surface area contributed by atoms with Gasteiger partial charge in [-0.1, -0.05) is 28.1 Å². The molecule has 1 aromatic heterocycles. The van der Waals surface area contributed by atoms with E-state index in [0.717, 1.165) is 10.0 Å². The quantitative estimate of drug-likeness (QED) is 0.942. The van der Waals surface area contributed by atoms with Gasteiger partial charge in [-0.2, -0.15) is 0 Å². The number of rotatable bonds is 4. The van der Waals surface area contributed by atoms with Crippen LogP contribution in [0.1, 0.15) is 17.1 Å². The average molecular weight is 309 g/mol. The molecule has 1 aromatic carbocycles. The lowest BCUT2D eigenvalue weighted by molar-refractivity contribution is 0.181. The van der Waals surface area contributed by atoms with Crippen molar-refractivity contribution in [3.05, 3.63) is 62.2 Å². The van der Waals surface area contributed by atoms with Gasteiger partial charge in [0.25, 0.3) is 5.56 Å². The van der Waals surface area contributed by atoms with Gasteiger partial charge in [-0.15, -0.1) is 0 Å². The Labute approximate surface area is 113 Å². The van der Waals surface area contributed by atoms with Crippen LogP contribution in [0.3, 0.4) is 0 Å². The van der Waals surface area contributed by atoms with E-state index in [-0.39, 0.29) is 5.56 Å². The molecule has 0 aliphatic carbocycles. The predicted octanol–water partition coefficient (Wildman–Crippen LogP) is 2.27. The second-order valence-electron chi connectivity index (χ2n) is 3.92. The van der Waals surface area contributed by atoms with Crippen molar-refractivity contribution in [2.75, 3.05) is 7.11 Å². The molecule has 0 unspecified atom stereocenters. The molecule has 0 fully saturated rings. The summed E-state index contributed by atoms with van der Waals surface area (Å²) in [5.74, 6) is 0.646. The van der Waals surface area contributed by atoms with Gasteiger partial charge in [0.05, 0.1) is 12.3 Å².